The Morgan fingerprint density at radius 2 is 2.25 bits per heavy atom. The van der Waals surface area contributed by atoms with Gasteiger partial charge < -0.3 is 9.30 Å². The first-order valence-corrected chi connectivity index (χ1v) is 5.02. The third-order valence-corrected chi connectivity index (χ3v) is 2.54. The summed E-state index contributed by atoms with van der Waals surface area (Å²) in [4.78, 5) is 11.0. The molecule has 2 rings (SSSR count). The van der Waals surface area contributed by atoms with Crippen molar-refractivity contribution < 1.29 is 13.9 Å². The minimum atomic E-state index is -0.266. The van der Waals surface area contributed by atoms with Crippen LogP contribution >= 0.6 is 0 Å². The lowest BCUT2D eigenvalue weighted by Crippen LogP contribution is -2.06. The molecule has 1 aromatic carbocycles. The zero-order valence-electron chi connectivity index (χ0n) is 8.94. The van der Waals surface area contributed by atoms with Crippen LogP contribution < -0.4 is 0 Å². The van der Waals surface area contributed by atoms with Gasteiger partial charge >= 0.3 is 5.97 Å². The molecule has 0 atom stereocenters. The van der Waals surface area contributed by atoms with E-state index in [1.165, 1.54) is 13.2 Å². The normalized spacial score (nSPS) is 10.6. The number of hydrogen-bond donors (Lipinski definition) is 0. The molecule has 0 aliphatic heterocycles. The molecule has 0 unspecified atom stereocenters. The van der Waals surface area contributed by atoms with Crippen LogP contribution in [0.4, 0.5) is 4.39 Å². The minimum absolute atomic E-state index is 0.241. The van der Waals surface area contributed by atoms with E-state index in [1.54, 1.807) is 18.3 Å². The average molecular weight is 221 g/mol. The van der Waals surface area contributed by atoms with Gasteiger partial charge in [0.2, 0.25) is 0 Å². The lowest BCUT2D eigenvalue weighted by Gasteiger charge is -2.04. The number of aryl methyl sites for hydroxylation is 1. The Bertz CT molecular complexity index is 519. The average Bonchev–Trinajstić information content (AvgIpc) is 2.70. The predicted octanol–water partition coefficient (Wildman–Crippen LogP) is 2.34. The predicted molar refractivity (Wildman–Crippen MR) is 58.5 cm³/mol. The van der Waals surface area contributed by atoms with Crippen molar-refractivity contribution in [3.05, 3.63) is 36.3 Å². The van der Waals surface area contributed by atoms with Crippen LogP contribution in [0.2, 0.25) is 0 Å². The fourth-order valence-corrected chi connectivity index (χ4v) is 1.69. The fraction of sp³-hybridized carbons (Fsp3) is 0.250. The first kappa shape index (κ1) is 10.7. The summed E-state index contributed by atoms with van der Waals surface area (Å²) in [7, 11) is 1.36. The minimum Gasteiger partial charge on any atom is -0.469 e. The summed E-state index contributed by atoms with van der Waals surface area (Å²) in [6, 6.07) is 6.62. The maximum absolute atomic E-state index is 13.4. The van der Waals surface area contributed by atoms with Crippen LogP contribution in [0.15, 0.2) is 30.5 Å². The van der Waals surface area contributed by atoms with Crippen LogP contribution in [0, 0.1) is 5.82 Å². The van der Waals surface area contributed by atoms with E-state index in [0.717, 1.165) is 5.52 Å². The first-order valence-electron chi connectivity index (χ1n) is 5.02. The molecular weight excluding hydrogens is 209 g/mol. The molecule has 1 heterocycles. The Hall–Kier alpha value is -1.84. The Labute approximate surface area is 92.4 Å². The van der Waals surface area contributed by atoms with Crippen molar-refractivity contribution >= 4 is 16.9 Å². The van der Waals surface area contributed by atoms with Crippen molar-refractivity contribution in [2.24, 2.45) is 0 Å². The molecular formula is C12H12FNO2. The maximum Gasteiger partial charge on any atom is 0.307 e. The second-order valence-electron chi connectivity index (χ2n) is 3.51. The monoisotopic (exact) mass is 221 g/mol. The summed E-state index contributed by atoms with van der Waals surface area (Å²) >= 11 is 0. The van der Waals surface area contributed by atoms with Gasteiger partial charge in [-0.15, -0.1) is 0 Å². The van der Waals surface area contributed by atoms with E-state index in [2.05, 4.69) is 4.74 Å². The summed E-state index contributed by atoms with van der Waals surface area (Å²) < 4.78 is 19.8. The van der Waals surface area contributed by atoms with E-state index < -0.39 is 0 Å². The van der Waals surface area contributed by atoms with Gasteiger partial charge in [-0.05, 0) is 18.2 Å². The molecule has 0 saturated carbocycles. The highest BCUT2D eigenvalue weighted by Crippen LogP contribution is 2.19. The number of esters is 1. The molecule has 2 aromatic rings. The highest BCUT2D eigenvalue weighted by Gasteiger charge is 2.06. The number of ether oxygens (including phenoxy) is 1. The van der Waals surface area contributed by atoms with E-state index >= 15 is 0 Å². The van der Waals surface area contributed by atoms with Crippen LogP contribution in [0.3, 0.4) is 0 Å². The zero-order valence-corrected chi connectivity index (χ0v) is 8.94. The van der Waals surface area contributed by atoms with Gasteiger partial charge in [0.25, 0.3) is 0 Å². The van der Waals surface area contributed by atoms with Gasteiger partial charge in [-0.25, -0.2) is 4.39 Å². The standard InChI is InChI=1S/C12H12FNO2/c1-16-12(15)6-8-14-7-5-9-10(13)3-2-4-11(9)14/h2-5,7H,6,8H2,1H3. The molecule has 0 spiro atoms. The van der Waals surface area contributed by atoms with Crippen molar-refractivity contribution in [2.75, 3.05) is 7.11 Å². The Morgan fingerprint density at radius 1 is 1.44 bits per heavy atom. The molecule has 0 amide bonds. The number of benzene rings is 1. The van der Waals surface area contributed by atoms with Gasteiger partial charge in [0.15, 0.2) is 0 Å². The van der Waals surface area contributed by atoms with E-state index in [-0.39, 0.29) is 18.2 Å². The fourth-order valence-electron chi connectivity index (χ4n) is 1.69. The number of aromatic nitrogens is 1. The number of hydrogen-bond acceptors (Lipinski definition) is 2. The number of carbonyl (C=O) groups excluding carboxylic acids is 1. The number of nitrogens with zero attached hydrogens (tertiary/aromatic N) is 1. The summed E-state index contributed by atoms with van der Waals surface area (Å²) in [6.07, 6.45) is 2.06. The van der Waals surface area contributed by atoms with E-state index in [4.69, 9.17) is 0 Å². The van der Waals surface area contributed by atoms with Crippen LogP contribution in [0.1, 0.15) is 6.42 Å². The second-order valence-corrected chi connectivity index (χ2v) is 3.51. The van der Waals surface area contributed by atoms with Crippen molar-refractivity contribution in [3.8, 4) is 0 Å². The van der Waals surface area contributed by atoms with Gasteiger partial charge in [-0.2, -0.15) is 0 Å². The lowest BCUT2D eigenvalue weighted by atomic mass is 10.2. The molecule has 0 aliphatic rings. The molecule has 0 N–H and O–H groups in total. The molecule has 3 nitrogen and oxygen atoms in total. The van der Waals surface area contributed by atoms with Crippen LogP contribution in [0.25, 0.3) is 10.9 Å². The van der Waals surface area contributed by atoms with Crippen molar-refractivity contribution in [3.63, 3.8) is 0 Å². The molecule has 84 valence electrons. The molecule has 0 bridgehead atoms. The Balaban J connectivity index is 2.25. The van der Waals surface area contributed by atoms with Gasteiger partial charge in [-0.3, -0.25) is 4.79 Å². The van der Waals surface area contributed by atoms with Crippen molar-refractivity contribution in [2.45, 2.75) is 13.0 Å². The van der Waals surface area contributed by atoms with Gasteiger partial charge in [0, 0.05) is 18.1 Å². The van der Waals surface area contributed by atoms with Crippen molar-refractivity contribution in [1.82, 2.24) is 4.57 Å². The number of methoxy groups -OCH3 is 1. The third kappa shape index (κ3) is 1.91. The molecule has 0 saturated heterocycles. The Morgan fingerprint density at radius 3 is 3.00 bits per heavy atom. The van der Waals surface area contributed by atoms with Gasteiger partial charge in [0.1, 0.15) is 5.82 Å². The highest BCUT2D eigenvalue weighted by atomic mass is 19.1. The van der Waals surface area contributed by atoms with Crippen molar-refractivity contribution in [1.29, 1.82) is 0 Å². The summed E-state index contributed by atoms with van der Waals surface area (Å²) in [6.45, 7) is 0.500. The third-order valence-electron chi connectivity index (χ3n) is 2.54. The van der Waals surface area contributed by atoms with E-state index in [9.17, 15) is 9.18 Å². The molecule has 1 aromatic heterocycles. The number of fused-ring (bicyclic) bond motifs is 1. The van der Waals surface area contributed by atoms with E-state index in [0.29, 0.717) is 11.9 Å². The van der Waals surface area contributed by atoms with E-state index in [1.807, 2.05) is 10.6 Å². The van der Waals surface area contributed by atoms with Gasteiger partial charge in [-0.1, -0.05) is 6.07 Å². The summed E-state index contributed by atoms with van der Waals surface area (Å²) in [5, 5.41) is 0.576. The first-order chi connectivity index (χ1) is 7.72. The number of halogens is 1. The second kappa shape index (κ2) is 4.35. The largest absolute Gasteiger partial charge is 0.469 e. The van der Waals surface area contributed by atoms with Crippen LogP contribution in [0.5, 0.6) is 0 Å². The molecule has 0 radical (unpaired) electrons. The lowest BCUT2D eigenvalue weighted by molar-refractivity contribution is -0.140. The molecule has 16 heavy (non-hydrogen) atoms. The SMILES string of the molecule is COC(=O)CCn1ccc2c(F)cccc21. The number of carbonyl (C=O) groups is 1. The van der Waals surface area contributed by atoms with Gasteiger partial charge in [0.05, 0.1) is 19.0 Å². The zero-order chi connectivity index (χ0) is 11.5. The van der Waals surface area contributed by atoms with Crippen LogP contribution in [-0.2, 0) is 16.1 Å². The quantitative estimate of drug-likeness (QED) is 0.745. The summed E-state index contributed by atoms with van der Waals surface area (Å²) in [5.74, 6) is -0.507. The molecule has 0 aliphatic carbocycles. The smallest absolute Gasteiger partial charge is 0.307 e. The number of rotatable bonds is 3. The molecule has 0 fully saturated rings. The molecule has 4 heteroatoms. The highest BCUT2D eigenvalue weighted by molar-refractivity contribution is 5.80. The maximum atomic E-state index is 13.4. The van der Waals surface area contributed by atoms with Crippen LogP contribution in [-0.4, -0.2) is 17.6 Å². The topological polar surface area (TPSA) is 31.2 Å². The summed E-state index contributed by atoms with van der Waals surface area (Å²) in [5.41, 5.74) is 0.795. The Kier molecular flexibility index (Phi) is 2.90.